The van der Waals surface area contributed by atoms with Gasteiger partial charge in [0.05, 0.1) is 5.69 Å². The normalized spacial score (nSPS) is 11.0. The zero-order chi connectivity index (χ0) is 28.7. The number of carbonyl (C=O) groups is 2. The molecule has 4 N–H and O–H groups in total. The Bertz CT molecular complexity index is 1410. The van der Waals surface area contributed by atoms with Gasteiger partial charge in [-0.25, -0.2) is 9.78 Å². The standard InChI is InChI=1S/C28H30ClN5O5/c1-28(2,3)34(27(36)37)11-10-25(35)32-19-7-5-6-17(12-19)21-14-23(33-26(31)22(21)15-30)20-9-8-18(29)13-24(20)39-16-38-4/h5-9,12-14H,10-11,16H2,1-4H3,(H2,31,33)(H,32,35)(H,36,37). The number of ether oxygens (including phenoxy) is 2. The van der Waals surface area contributed by atoms with Crippen molar-refractivity contribution in [2.75, 3.05) is 31.5 Å². The second kappa shape index (κ2) is 12.5. The van der Waals surface area contributed by atoms with Crippen LogP contribution >= 0.6 is 11.6 Å². The molecule has 0 bridgehead atoms. The number of nitrogen functional groups attached to an aromatic ring is 1. The number of carboxylic acid groups (broad SMARTS) is 1. The van der Waals surface area contributed by atoms with Gasteiger partial charge >= 0.3 is 6.09 Å². The van der Waals surface area contributed by atoms with Gasteiger partial charge in [-0.15, -0.1) is 0 Å². The molecule has 0 atom stereocenters. The number of rotatable bonds is 9. The van der Waals surface area contributed by atoms with E-state index in [9.17, 15) is 20.0 Å². The lowest BCUT2D eigenvalue weighted by Gasteiger charge is -2.32. The summed E-state index contributed by atoms with van der Waals surface area (Å²) < 4.78 is 10.7. The number of amides is 2. The number of halogens is 1. The topological polar surface area (TPSA) is 151 Å². The van der Waals surface area contributed by atoms with Crippen molar-refractivity contribution in [1.29, 1.82) is 5.26 Å². The number of nitriles is 1. The van der Waals surface area contributed by atoms with Crippen LogP contribution in [0.15, 0.2) is 48.5 Å². The minimum atomic E-state index is -1.09. The smallest absolute Gasteiger partial charge is 0.407 e. The summed E-state index contributed by atoms with van der Waals surface area (Å²) in [5.74, 6) is 0.112. The third-order valence-corrected chi connectivity index (χ3v) is 6.01. The molecule has 0 saturated carbocycles. The summed E-state index contributed by atoms with van der Waals surface area (Å²) in [7, 11) is 1.50. The molecule has 3 aromatic rings. The average molecular weight is 552 g/mol. The number of pyridine rings is 1. The van der Waals surface area contributed by atoms with E-state index in [-0.39, 0.29) is 37.0 Å². The van der Waals surface area contributed by atoms with Crippen LogP contribution in [0.1, 0.15) is 32.8 Å². The number of hydrogen-bond acceptors (Lipinski definition) is 7. The predicted molar refractivity (Wildman–Crippen MR) is 149 cm³/mol. The summed E-state index contributed by atoms with van der Waals surface area (Å²) in [5.41, 5.74) is 8.38. The Hall–Kier alpha value is -4.33. The molecule has 0 saturated heterocycles. The van der Waals surface area contributed by atoms with Gasteiger partial charge in [-0.3, -0.25) is 4.79 Å². The van der Waals surface area contributed by atoms with E-state index in [1.807, 2.05) is 0 Å². The molecule has 3 rings (SSSR count). The highest BCUT2D eigenvalue weighted by Crippen LogP contribution is 2.37. The third-order valence-electron chi connectivity index (χ3n) is 5.77. The van der Waals surface area contributed by atoms with E-state index in [4.69, 9.17) is 26.8 Å². The highest BCUT2D eigenvalue weighted by molar-refractivity contribution is 6.30. The van der Waals surface area contributed by atoms with Gasteiger partial charge in [0.25, 0.3) is 0 Å². The lowest BCUT2D eigenvalue weighted by molar-refractivity contribution is -0.116. The maximum absolute atomic E-state index is 12.6. The lowest BCUT2D eigenvalue weighted by Crippen LogP contribution is -2.46. The van der Waals surface area contributed by atoms with Gasteiger partial charge in [-0.1, -0.05) is 23.7 Å². The second-order valence-corrected chi connectivity index (χ2v) is 10.0. The predicted octanol–water partition coefficient (Wildman–Crippen LogP) is 5.61. The average Bonchev–Trinajstić information content (AvgIpc) is 2.86. The molecule has 11 heteroatoms. The van der Waals surface area contributed by atoms with Gasteiger partial charge in [-0.2, -0.15) is 5.26 Å². The van der Waals surface area contributed by atoms with Crippen LogP contribution in [-0.2, 0) is 9.53 Å². The number of hydrogen-bond donors (Lipinski definition) is 3. The number of methoxy groups -OCH3 is 1. The molecule has 0 aliphatic rings. The summed E-state index contributed by atoms with van der Waals surface area (Å²) in [6.45, 7) is 5.33. The molecule has 2 aromatic carbocycles. The van der Waals surface area contributed by atoms with Crippen molar-refractivity contribution in [2.24, 2.45) is 0 Å². The molecule has 2 amide bonds. The van der Waals surface area contributed by atoms with Gasteiger partial charge in [0.1, 0.15) is 23.2 Å². The first-order valence-corrected chi connectivity index (χ1v) is 12.4. The van der Waals surface area contributed by atoms with Crippen LogP contribution in [0, 0.1) is 11.3 Å². The number of nitrogens with two attached hydrogens (primary N) is 1. The SMILES string of the molecule is COCOc1cc(Cl)ccc1-c1cc(-c2cccc(NC(=O)CCN(C(=O)O)C(C)(C)C)c2)c(C#N)c(N)n1. The fraction of sp³-hybridized carbons (Fsp3) is 0.286. The van der Waals surface area contributed by atoms with Crippen molar-refractivity contribution in [1.82, 2.24) is 9.88 Å². The first-order valence-electron chi connectivity index (χ1n) is 12.0. The Morgan fingerprint density at radius 3 is 2.56 bits per heavy atom. The molecular formula is C28H30ClN5O5. The van der Waals surface area contributed by atoms with Crippen LogP contribution in [0.2, 0.25) is 5.02 Å². The number of nitrogens with zero attached hydrogens (tertiary/aromatic N) is 3. The fourth-order valence-electron chi connectivity index (χ4n) is 3.92. The molecule has 0 radical (unpaired) electrons. The van der Waals surface area contributed by atoms with Gasteiger partial charge in [0.2, 0.25) is 5.91 Å². The van der Waals surface area contributed by atoms with Crippen molar-refractivity contribution < 1.29 is 24.2 Å². The van der Waals surface area contributed by atoms with Gasteiger partial charge in [-0.05, 0) is 62.7 Å². The zero-order valence-corrected chi connectivity index (χ0v) is 22.9. The van der Waals surface area contributed by atoms with Crippen LogP contribution in [0.25, 0.3) is 22.4 Å². The van der Waals surface area contributed by atoms with Crippen LogP contribution in [0.3, 0.4) is 0 Å². The largest absolute Gasteiger partial charge is 0.467 e. The zero-order valence-electron chi connectivity index (χ0n) is 22.1. The molecule has 39 heavy (non-hydrogen) atoms. The van der Waals surface area contributed by atoms with Gasteiger partial charge in [0, 0.05) is 47.5 Å². The van der Waals surface area contributed by atoms with E-state index in [0.29, 0.717) is 38.8 Å². The molecule has 0 fully saturated rings. The summed E-state index contributed by atoms with van der Waals surface area (Å²) >= 11 is 6.15. The van der Waals surface area contributed by atoms with Crippen molar-refractivity contribution in [3.8, 4) is 34.2 Å². The first-order chi connectivity index (χ1) is 18.4. The first kappa shape index (κ1) is 29.2. The molecule has 0 unspecified atom stereocenters. The monoisotopic (exact) mass is 551 g/mol. The molecular weight excluding hydrogens is 522 g/mol. The molecule has 1 heterocycles. The Labute approximate surface area is 231 Å². The number of nitrogens with one attached hydrogen (secondary N) is 1. The molecule has 204 valence electrons. The van der Waals surface area contributed by atoms with Crippen molar-refractivity contribution in [3.63, 3.8) is 0 Å². The number of anilines is 2. The number of carbonyl (C=O) groups excluding carboxylic acids is 1. The number of aromatic nitrogens is 1. The third kappa shape index (κ3) is 7.37. The van der Waals surface area contributed by atoms with Crippen molar-refractivity contribution in [3.05, 3.63) is 59.1 Å². The van der Waals surface area contributed by atoms with Gasteiger partial charge in [0.15, 0.2) is 6.79 Å². The van der Waals surface area contributed by atoms with Crippen LogP contribution in [0.5, 0.6) is 5.75 Å². The van der Waals surface area contributed by atoms with Crippen molar-refractivity contribution >= 4 is 35.1 Å². The van der Waals surface area contributed by atoms with E-state index in [2.05, 4.69) is 16.4 Å². The minimum absolute atomic E-state index is 0.00627. The lowest BCUT2D eigenvalue weighted by atomic mass is 9.97. The molecule has 0 aliphatic heterocycles. The van der Waals surface area contributed by atoms with Crippen LogP contribution in [-0.4, -0.2) is 53.0 Å². The Morgan fingerprint density at radius 2 is 1.92 bits per heavy atom. The summed E-state index contributed by atoms with van der Waals surface area (Å²) in [4.78, 5) is 29.8. The second-order valence-electron chi connectivity index (χ2n) is 9.60. The van der Waals surface area contributed by atoms with E-state index in [1.165, 1.54) is 12.0 Å². The van der Waals surface area contributed by atoms with E-state index in [0.717, 1.165) is 0 Å². The quantitative estimate of drug-likeness (QED) is 0.290. The Morgan fingerprint density at radius 1 is 1.18 bits per heavy atom. The minimum Gasteiger partial charge on any atom is -0.467 e. The van der Waals surface area contributed by atoms with Crippen molar-refractivity contribution in [2.45, 2.75) is 32.7 Å². The summed E-state index contributed by atoms with van der Waals surface area (Å²) in [6, 6.07) is 15.8. The molecule has 0 spiro atoms. The summed E-state index contributed by atoms with van der Waals surface area (Å²) in [5, 5.41) is 22.5. The van der Waals surface area contributed by atoms with Crippen LogP contribution in [0.4, 0.5) is 16.3 Å². The fourth-order valence-corrected chi connectivity index (χ4v) is 4.08. The van der Waals surface area contributed by atoms with Gasteiger partial charge < -0.3 is 30.5 Å². The highest BCUT2D eigenvalue weighted by atomic mass is 35.5. The van der Waals surface area contributed by atoms with E-state index in [1.54, 1.807) is 69.3 Å². The van der Waals surface area contributed by atoms with E-state index >= 15 is 0 Å². The van der Waals surface area contributed by atoms with Crippen LogP contribution < -0.4 is 15.8 Å². The molecule has 10 nitrogen and oxygen atoms in total. The molecule has 1 aromatic heterocycles. The Balaban J connectivity index is 1.93. The maximum Gasteiger partial charge on any atom is 0.407 e. The summed E-state index contributed by atoms with van der Waals surface area (Å²) in [6.07, 6.45) is -1.12. The number of benzene rings is 2. The highest BCUT2D eigenvalue weighted by Gasteiger charge is 2.26. The Kier molecular flexibility index (Phi) is 9.35. The maximum atomic E-state index is 12.6. The van der Waals surface area contributed by atoms with E-state index < -0.39 is 11.6 Å². The molecule has 0 aliphatic carbocycles.